The van der Waals surface area contributed by atoms with Crippen LogP contribution in [0.1, 0.15) is 74.1 Å². The van der Waals surface area contributed by atoms with Gasteiger partial charge in [-0.3, -0.25) is 0 Å². The van der Waals surface area contributed by atoms with Crippen LogP contribution in [-0.4, -0.2) is 40.4 Å². The van der Waals surface area contributed by atoms with Crippen LogP contribution < -0.4 is 0 Å². The summed E-state index contributed by atoms with van der Waals surface area (Å²) < 4.78 is 19.3. The minimum absolute atomic E-state index is 0.0651. The zero-order valence-corrected chi connectivity index (χ0v) is 18.0. The van der Waals surface area contributed by atoms with Crippen LogP contribution in [0.3, 0.4) is 0 Å². The maximum Gasteiger partial charge on any atom is 0.164 e. The molecule has 152 valence electrons. The molecule has 0 aliphatic carbocycles. The minimum atomic E-state index is -0.912. The predicted octanol–water partition coefficient (Wildman–Crippen LogP) is 4.83. The zero-order chi connectivity index (χ0) is 20.0. The highest BCUT2D eigenvalue weighted by atomic mass is 16.8. The van der Waals surface area contributed by atoms with Crippen molar-refractivity contribution in [1.82, 2.24) is 0 Å². The molecule has 3 aliphatic heterocycles. The smallest absolute Gasteiger partial charge is 0.164 e. The van der Waals surface area contributed by atoms with Gasteiger partial charge in [0.15, 0.2) is 5.79 Å². The second kappa shape index (κ2) is 7.14. The summed E-state index contributed by atoms with van der Waals surface area (Å²) in [5.41, 5.74) is 2.08. The lowest BCUT2D eigenvalue weighted by atomic mass is 9.81. The van der Waals surface area contributed by atoms with Gasteiger partial charge in [0.25, 0.3) is 0 Å². The van der Waals surface area contributed by atoms with Gasteiger partial charge in [-0.25, -0.2) is 0 Å². The van der Waals surface area contributed by atoms with Gasteiger partial charge in [0.1, 0.15) is 5.60 Å². The van der Waals surface area contributed by atoms with Crippen LogP contribution in [0.25, 0.3) is 0 Å². The van der Waals surface area contributed by atoms with Crippen molar-refractivity contribution in [3.63, 3.8) is 0 Å². The van der Waals surface area contributed by atoms with Gasteiger partial charge in [0.05, 0.1) is 23.9 Å². The van der Waals surface area contributed by atoms with Gasteiger partial charge in [-0.1, -0.05) is 23.8 Å². The second-order valence-corrected chi connectivity index (χ2v) is 9.60. The molecular weight excluding hydrogens is 340 g/mol. The monoisotopic (exact) mass is 376 g/mol. The van der Waals surface area contributed by atoms with E-state index in [4.69, 9.17) is 14.2 Å². The Hall–Kier alpha value is -0.940. The highest BCUT2D eigenvalue weighted by Gasteiger charge is 2.56. The summed E-state index contributed by atoms with van der Waals surface area (Å²) in [5, 5.41) is 10.7. The van der Waals surface area contributed by atoms with Crippen LogP contribution in [0.4, 0.5) is 0 Å². The third kappa shape index (κ3) is 4.40. The van der Waals surface area contributed by atoms with Crippen molar-refractivity contribution in [2.45, 2.75) is 109 Å². The normalized spacial score (nSPS) is 41.2. The molecule has 0 radical (unpaired) electrons. The molecule has 3 heterocycles. The average molecular weight is 377 g/mol. The van der Waals surface area contributed by atoms with Gasteiger partial charge >= 0.3 is 0 Å². The molecule has 1 fully saturated rings. The average Bonchev–Trinajstić information content (AvgIpc) is 2.78. The Balaban J connectivity index is 2.05. The van der Waals surface area contributed by atoms with Crippen LogP contribution in [0.5, 0.6) is 0 Å². The predicted molar refractivity (Wildman–Crippen MR) is 107 cm³/mol. The Labute approximate surface area is 164 Å². The van der Waals surface area contributed by atoms with Gasteiger partial charge in [-0.2, -0.15) is 0 Å². The molecule has 0 aromatic carbocycles. The highest BCUT2D eigenvalue weighted by molar-refractivity contribution is 5.26. The number of fused-ring (bicyclic) bond motifs is 4. The van der Waals surface area contributed by atoms with Crippen molar-refractivity contribution < 1.29 is 19.3 Å². The first-order valence-corrected chi connectivity index (χ1v) is 10.2. The maximum atomic E-state index is 10.7. The van der Waals surface area contributed by atoms with E-state index in [-0.39, 0.29) is 18.3 Å². The molecule has 4 atom stereocenters. The molecule has 27 heavy (non-hydrogen) atoms. The zero-order valence-electron chi connectivity index (χ0n) is 18.0. The van der Waals surface area contributed by atoms with E-state index in [1.165, 1.54) is 11.1 Å². The van der Waals surface area contributed by atoms with Crippen LogP contribution in [-0.2, 0) is 14.2 Å². The molecule has 0 unspecified atom stereocenters. The Morgan fingerprint density at radius 1 is 1.11 bits per heavy atom. The van der Waals surface area contributed by atoms with Gasteiger partial charge in [-0.05, 0) is 78.9 Å². The summed E-state index contributed by atoms with van der Waals surface area (Å²) in [4.78, 5) is 0. The fraction of sp³-hybridized carbons (Fsp3) is 0.739. The summed E-state index contributed by atoms with van der Waals surface area (Å²) in [7, 11) is 0. The van der Waals surface area contributed by atoms with Gasteiger partial charge in [0, 0.05) is 6.42 Å². The first-order chi connectivity index (χ1) is 12.4. The van der Waals surface area contributed by atoms with E-state index in [2.05, 4.69) is 39.0 Å². The number of allylic oxidation sites excluding steroid dienone is 3. The summed E-state index contributed by atoms with van der Waals surface area (Å²) >= 11 is 0. The fourth-order valence-corrected chi connectivity index (χ4v) is 4.45. The molecule has 0 aromatic rings. The number of hydrogen-bond donors (Lipinski definition) is 1. The molecule has 1 saturated heterocycles. The number of ether oxygens (including phenoxy) is 3. The van der Waals surface area contributed by atoms with Crippen molar-refractivity contribution in [3.8, 4) is 0 Å². The SMILES string of the molecule is CC1=CC[C@H]2O[C@H]1CC/C(C)=C/C=C(/C(C)(C)O)C[C@@H]1OC(C)(C)O[C@@]12C. The van der Waals surface area contributed by atoms with Crippen LogP contribution in [0.2, 0.25) is 0 Å². The molecule has 0 spiro atoms. The maximum absolute atomic E-state index is 10.7. The van der Waals surface area contributed by atoms with Crippen molar-refractivity contribution >= 4 is 0 Å². The standard InChI is InChI=1S/C23H36O4/c1-15-8-11-17(21(3,4)24)14-20-23(7,27-22(5,6)26-20)19-13-10-16(2)18(25-19)12-9-15/h8,10-11,18-20,24H,9,12-14H2,1-7H3/b15-8+,17-11+/t18-,19+,20-,23+/m0/s1. The molecular formula is C23H36O4. The lowest BCUT2D eigenvalue weighted by molar-refractivity contribution is -0.194. The topological polar surface area (TPSA) is 47.9 Å². The minimum Gasteiger partial charge on any atom is -0.386 e. The molecule has 0 amide bonds. The molecule has 3 rings (SSSR count). The molecule has 4 nitrogen and oxygen atoms in total. The Kier molecular flexibility index (Phi) is 5.50. The third-order valence-electron chi connectivity index (χ3n) is 6.22. The van der Waals surface area contributed by atoms with Crippen molar-refractivity contribution in [2.75, 3.05) is 0 Å². The summed E-state index contributed by atoms with van der Waals surface area (Å²) in [6.45, 7) is 14.0. The molecule has 0 saturated carbocycles. The van der Waals surface area contributed by atoms with Crippen molar-refractivity contribution in [2.24, 2.45) is 0 Å². The van der Waals surface area contributed by atoms with E-state index in [1.54, 1.807) is 0 Å². The van der Waals surface area contributed by atoms with Crippen molar-refractivity contribution in [3.05, 3.63) is 34.9 Å². The highest BCUT2D eigenvalue weighted by Crippen LogP contribution is 2.46. The lowest BCUT2D eigenvalue weighted by Gasteiger charge is -2.42. The van der Waals surface area contributed by atoms with E-state index in [1.807, 2.05) is 27.7 Å². The number of rotatable bonds is 1. The first kappa shape index (κ1) is 20.8. The van der Waals surface area contributed by atoms with E-state index in [9.17, 15) is 5.11 Å². The summed E-state index contributed by atoms with van der Waals surface area (Å²) in [6.07, 6.45) is 9.74. The van der Waals surface area contributed by atoms with E-state index in [0.29, 0.717) is 6.42 Å². The first-order valence-electron chi connectivity index (χ1n) is 10.2. The molecule has 4 heteroatoms. The molecule has 3 aliphatic rings. The van der Waals surface area contributed by atoms with Gasteiger partial charge < -0.3 is 19.3 Å². The van der Waals surface area contributed by atoms with E-state index in [0.717, 1.165) is 24.8 Å². The Morgan fingerprint density at radius 3 is 2.48 bits per heavy atom. The summed E-state index contributed by atoms with van der Waals surface area (Å²) in [5.74, 6) is -0.675. The van der Waals surface area contributed by atoms with Crippen LogP contribution in [0, 0.1) is 0 Å². The van der Waals surface area contributed by atoms with Gasteiger partial charge in [-0.15, -0.1) is 0 Å². The number of hydrogen-bond acceptors (Lipinski definition) is 4. The molecule has 2 bridgehead atoms. The van der Waals surface area contributed by atoms with E-state index < -0.39 is 17.0 Å². The molecule has 0 aromatic heterocycles. The molecule has 1 N–H and O–H groups in total. The Morgan fingerprint density at radius 2 is 1.81 bits per heavy atom. The van der Waals surface area contributed by atoms with Crippen LogP contribution >= 0.6 is 0 Å². The Bertz CT molecular complexity index is 664. The number of aliphatic hydroxyl groups is 1. The van der Waals surface area contributed by atoms with Crippen LogP contribution in [0.15, 0.2) is 34.9 Å². The third-order valence-corrected chi connectivity index (χ3v) is 6.22. The fourth-order valence-electron chi connectivity index (χ4n) is 4.45. The van der Waals surface area contributed by atoms with E-state index >= 15 is 0 Å². The summed E-state index contributed by atoms with van der Waals surface area (Å²) in [6, 6.07) is 0. The second-order valence-electron chi connectivity index (χ2n) is 9.60. The van der Waals surface area contributed by atoms with Gasteiger partial charge in [0.2, 0.25) is 0 Å². The largest absolute Gasteiger partial charge is 0.386 e. The van der Waals surface area contributed by atoms with Crippen molar-refractivity contribution in [1.29, 1.82) is 0 Å². The lowest BCUT2D eigenvalue weighted by Crippen LogP contribution is -2.52. The quantitative estimate of drug-likeness (QED) is 0.666.